The Kier molecular flexibility index (Phi) is 6.04. The van der Waals surface area contributed by atoms with Crippen molar-refractivity contribution in [3.05, 3.63) is 24.0 Å². The Bertz CT molecular complexity index is 433. The van der Waals surface area contributed by atoms with E-state index in [0.717, 1.165) is 18.2 Å². The molecule has 118 valence electrons. The van der Waals surface area contributed by atoms with E-state index in [4.69, 9.17) is 4.74 Å². The van der Waals surface area contributed by atoms with Gasteiger partial charge in [-0.15, -0.1) is 0 Å². The molecule has 0 aliphatic heterocycles. The van der Waals surface area contributed by atoms with Gasteiger partial charge in [0.2, 0.25) is 0 Å². The monoisotopic (exact) mass is 290 g/mol. The molecule has 0 spiro atoms. The third-order valence-corrected chi connectivity index (χ3v) is 4.87. The van der Waals surface area contributed by atoms with Crippen LogP contribution in [0.1, 0.15) is 57.9 Å². The van der Waals surface area contributed by atoms with Crippen LogP contribution in [-0.2, 0) is 0 Å². The zero-order chi connectivity index (χ0) is 15.2. The predicted molar refractivity (Wildman–Crippen MR) is 87.8 cm³/mol. The highest BCUT2D eigenvalue weighted by Gasteiger charge is 2.31. The second-order valence-corrected chi connectivity index (χ2v) is 6.67. The van der Waals surface area contributed by atoms with Crippen molar-refractivity contribution >= 4 is 0 Å². The van der Waals surface area contributed by atoms with Crippen molar-refractivity contribution in [2.24, 2.45) is 11.8 Å². The maximum absolute atomic E-state index is 5.35. The fourth-order valence-corrected chi connectivity index (χ4v) is 3.48. The fraction of sp³-hybridized carbons (Fsp3) is 0.722. The first kappa shape index (κ1) is 16.3. The van der Waals surface area contributed by atoms with E-state index in [1.54, 1.807) is 13.3 Å². The molecule has 1 aromatic heterocycles. The topological polar surface area (TPSA) is 34.2 Å². The van der Waals surface area contributed by atoms with Gasteiger partial charge in [-0.25, -0.2) is 0 Å². The van der Waals surface area contributed by atoms with Crippen molar-refractivity contribution in [3.8, 4) is 5.75 Å². The summed E-state index contributed by atoms with van der Waals surface area (Å²) in [5, 5.41) is 3.62. The first-order valence-electron chi connectivity index (χ1n) is 8.36. The second-order valence-electron chi connectivity index (χ2n) is 6.67. The summed E-state index contributed by atoms with van der Waals surface area (Å²) in [6.45, 7) is 7.87. The zero-order valence-corrected chi connectivity index (χ0v) is 13.9. The molecule has 0 aromatic carbocycles. The Morgan fingerprint density at radius 1 is 1.33 bits per heavy atom. The van der Waals surface area contributed by atoms with Gasteiger partial charge in [0.05, 0.1) is 13.3 Å². The fourth-order valence-electron chi connectivity index (χ4n) is 3.48. The van der Waals surface area contributed by atoms with E-state index in [1.165, 1.54) is 31.2 Å². The van der Waals surface area contributed by atoms with Gasteiger partial charge in [0.15, 0.2) is 0 Å². The lowest BCUT2D eigenvalue weighted by atomic mass is 9.70. The van der Waals surface area contributed by atoms with E-state index < -0.39 is 0 Å². The number of nitrogens with one attached hydrogen (secondary N) is 1. The molecule has 0 bridgehead atoms. The molecule has 0 amide bonds. The maximum Gasteiger partial charge on any atom is 0.137 e. The van der Waals surface area contributed by atoms with Gasteiger partial charge >= 0.3 is 0 Å². The Labute approximate surface area is 129 Å². The van der Waals surface area contributed by atoms with Crippen LogP contribution in [0.3, 0.4) is 0 Å². The van der Waals surface area contributed by atoms with Gasteiger partial charge in [-0.3, -0.25) is 4.98 Å². The smallest absolute Gasteiger partial charge is 0.137 e. The van der Waals surface area contributed by atoms with Gasteiger partial charge in [-0.05, 0) is 48.8 Å². The highest BCUT2D eigenvalue weighted by molar-refractivity contribution is 5.27. The molecule has 0 saturated heterocycles. The van der Waals surface area contributed by atoms with Gasteiger partial charge in [-0.2, -0.15) is 0 Å². The van der Waals surface area contributed by atoms with Crippen LogP contribution in [-0.4, -0.2) is 24.7 Å². The predicted octanol–water partition coefficient (Wildman–Crippen LogP) is 4.00. The molecule has 1 fully saturated rings. The van der Waals surface area contributed by atoms with Gasteiger partial charge in [-0.1, -0.05) is 33.6 Å². The number of pyridine rings is 1. The molecular weight excluding hydrogens is 260 g/mol. The van der Waals surface area contributed by atoms with E-state index in [1.807, 2.05) is 6.20 Å². The standard InChI is InChI=1S/C18H30N2O/c1-5-14-6-7-15(11-20-13(2)3)18(8-14)16-9-17(21-4)12-19-10-16/h9-10,12-15,18,20H,5-8,11H2,1-4H3. The summed E-state index contributed by atoms with van der Waals surface area (Å²) in [5.74, 6) is 3.06. The van der Waals surface area contributed by atoms with Crippen molar-refractivity contribution in [2.45, 2.75) is 58.4 Å². The molecule has 3 unspecified atom stereocenters. The van der Waals surface area contributed by atoms with Crippen LogP contribution >= 0.6 is 0 Å². The third-order valence-electron chi connectivity index (χ3n) is 4.87. The highest BCUT2D eigenvalue weighted by Crippen LogP contribution is 2.41. The first-order chi connectivity index (χ1) is 10.1. The maximum atomic E-state index is 5.35. The summed E-state index contributed by atoms with van der Waals surface area (Å²) in [6.07, 6.45) is 9.10. The summed E-state index contributed by atoms with van der Waals surface area (Å²) in [5.41, 5.74) is 1.35. The lowest BCUT2D eigenvalue weighted by Gasteiger charge is -2.37. The van der Waals surface area contributed by atoms with Crippen LogP contribution in [0.25, 0.3) is 0 Å². The minimum atomic E-state index is 0.554. The second kappa shape index (κ2) is 7.79. The largest absolute Gasteiger partial charge is 0.495 e. The van der Waals surface area contributed by atoms with Crippen LogP contribution in [0.15, 0.2) is 18.5 Å². The van der Waals surface area contributed by atoms with Crippen molar-refractivity contribution in [1.82, 2.24) is 10.3 Å². The van der Waals surface area contributed by atoms with Gasteiger partial charge in [0.1, 0.15) is 5.75 Å². The Morgan fingerprint density at radius 3 is 2.81 bits per heavy atom. The summed E-state index contributed by atoms with van der Waals surface area (Å²) in [7, 11) is 1.72. The van der Waals surface area contributed by atoms with Gasteiger partial charge in [0.25, 0.3) is 0 Å². The molecule has 1 aliphatic carbocycles. The molecule has 0 radical (unpaired) electrons. The Morgan fingerprint density at radius 2 is 2.14 bits per heavy atom. The number of ether oxygens (including phenoxy) is 1. The van der Waals surface area contributed by atoms with Crippen LogP contribution < -0.4 is 10.1 Å². The van der Waals surface area contributed by atoms with Crippen LogP contribution in [0, 0.1) is 11.8 Å². The summed E-state index contributed by atoms with van der Waals surface area (Å²) in [4.78, 5) is 4.37. The molecule has 1 saturated carbocycles. The van der Waals surface area contributed by atoms with Crippen molar-refractivity contribution in [1.29, 1.82) is 0 Å². The molecule has 1 heterocycles. The lowest BCUT2D eigenvalue weighted by Crippen LogP contribution is -2.35. The van der Waals surface area contributed by atoms with Crippen LogP contribution in [0.2, 0.25) is 0 Å². The van der Waals surface area contributed by atoms with E-state index in [2.05, 4.69) is 37.1 Å². The average molecular weight is 290 g/mol. The average Bonchev–Trinajstić information content (AvgIpc) is 2.52. The van der Waals surface area contributed by atoms with Crippen molar-refractivity contribution < 1.29 is 4.74 Å². The molecule has 2 rings (SSSR count). The minimum absolute atomic E-state index is 0.554. The molecule has 3 heteroatoms. The van der Waals surface area contributed by atoms with Crippen LogP contribution in [0.5, 0.6) is 5.75 Å². The first-order valence-corrected chi connectivity index (χ1v) is 8.36. The molecule has 3 atom stereocenters. The normalized spacial score (nSPS) is 26.0. The van der Waals surface area contributed by atoms with E-state index in [0.29, 0.717) is 17.9 Å². The zero-order valence-electron chi connectivity index (χ0n) is 13.9. The summed E-state index contributed by atoms with van der Waals surface area (Å²) >= 11 is 0. The molecule has 1 aliphatic rings. The highest BCUT2D eigenvalue weighted by atomic mass is 16.5. The number of nitrogens with zero attached hydrogens (tertiary/aromatic N) is 1. The van der Waals surface area contributed by atoms with Gasteiger partial charge < -0.3 is 10.1 Å². The lowest BCUT2D eigenvalue weighted by molar-refractivity contribution is 0.222. The van der Waals surface area contributed by atoms with Crippen molar-refractivity contribution in [2.75, 3.05) is 13.7 Å². The molecule has 3 nitrogen and oxygen atoms in total. The summed E-state index contributed by atoms with van der Waals surface area (Å²) in [6, 6.07) is 2.73. The Hall–Kier alpha value is -1.09. The number of hydrogen-bond donors (Lipinski definition) is 1. The molecule has 1 N–H and O–H groups in total. The molecule has 1 aromatic rings. The van der Waals surface area contributed by atoms with E-state index in [9.17, 15) is 0 Å². The number of aromatic nitrogens is 1. The van der Waals surface area contributed by atoms with E-state index in [-0.39, 0.29) is 0 Å². The van der Waals surface area contributed by atoms with Crippen LogP contribution in [0.4, 0.5) is 0 Å². The van der Waals surface area contributed by atoms with Crippen molar-refractivity contribution in [3.63, 3.8) is 0 Å². The number of hydrogen-bond acceptors (Lipinski definition) is 3. The third kappa shape index (κ3) is 4.44. The van der Waals surface area contributed by atoms with Gasteiger partial charge in [0, 0.05) is 12.2 Å². The van der Waals surface area contributed by atoms with E-state index >= 15 is 0 Å². The number of methoxy groups -OCH3 is 1. The molecular formula is C18H30N2O. The summed E-state index contributed by atoms with van der Waals surface area (Å²) < 4.78 is 5.35. The SMILES string of the molecule is CCC1CCC(CNC(C)C)C(c2cncc(OC)c2)C1. The quantitative estimate of drug-likeness (QED) is 0.860. The molecule has 21 heavy (non-hydrogen) atoms. The number of rotatable bonds is 6. The Balaban J connectivity index is 2.15. The minimum Gasteiger partial charge on any atom is -0.495 e.